The molecule has 14 heavy (non-hydrogen) atoms. The third-order valence-corrected chi connectivity index (χ3v) is 1.41. The maximum atomic E-state index is 11.1. The van der Waals surface area contributed by atoms with Crippen LogP contribution in [0.3, 0.4) is 0 Å². The second kappa shape index (κ2) is 7.17. The molecule has 5 heteroatoms. The van der Waals surface area contributed by atoms with E-state index in [1.807, 2.05) is 13.8 Å². The lowest BCUT2D eigenvalue weighted by atomic mass is 10.5. The van der Waals surface area contributed by atoms with Crippen LogP contribution in [-0.4, -0.2) is 37.3 Å². The first-order valence-corrected chi connectivity index (χ1v) is 4.70. The van der Waals surface area contributed by atoms with Crippen molar-refractivity contribution < 1.29 is 19.1 Å². The molecular formula is C9H17NO4. The Morgan fingerprint density at radius 2 is 1.36 bits per heavy atom. The molecule has 82 valence electrons. The highest BCUT2D eigenvalue weighted by Gasteiger charge is 2.18. The summed E-state index contributed by atoms with van der Waals surface area (Å²) in [5, 5.41) is 0. The zero-order chi connectivity index (χ0) is 11.0. The second-order valence-electron chi connectivity index (χ2n) is 2.79. The average molecular weight is 203 g/mol. The van der Waals surface area contributed by atoms with Gasteiger partial charge in [0.15, 0.2) is 0 Å². The smallest absolute Gasteiger partial charge is 0.419 e. The number of carbonyl (C=O) groups is 2. The van der Waals surface area contributed by atoms with Gasteiger partial charge in [-0.25, -0.2) is 14.5 Å². The Balaban J connectivity index is 3.85. The van der Waals surface area contributed by atoms with Crippen LogP contribution in [0, 0.1) is 0 Å². The van der Waals surface area contributed by atoms with Gasteiger partial charge in [-0.05, 0) is 12.8 Å². The van der Waals surface area contributed by atoms with Gasteiger partial charge in [-0.3, -0.25) is 0 Å². The largest absolute Gasteiger partial charge is 0.449 e. The van der Waals surface area contributed by atoms with Crippen LogP contribution >= 0.6 is 0 Å². The second-order valence-corrected chi connectivity index (χ2v) is 2.79. The quantitative estimate of drug-likeness (QED) is 0.701. The molecule has 0 aliphatic carbocycles. The highest BCUT2D eigenvalue weighted by Crippen LogP contribution is 1.96. The summed E-state index contributed by atoms with van der Waals surface area (Å²) >= 11 is 0. The summed E-state index contributed by atoms with van der Waals surface area (Å²) in [4.78, 5) is 23.0. The van der Waals surface area contributed by atoms with Crippen LogP contribution in [0.5, 0.6) is 0 Å². The molecule has 0 spiro atoms. The van der Waals surface area contributed by atoms with E-state index in [0.717, 1.165) is 17.7 Å². The Bertz CT molecular complexity index is 173. The first-order valence-electron chi connectivity index (χ1n) is 4.70. The summed E-state index contributed by atoms with van der Waals surface area (Å²) in [6.07, 6.45) is 0.105. The summed E-state index contributed by atoms with van der Waals surface area (Å²) in [5.41, 5.74) is 0. The molecule has 2 amide bonds. The first-order chi connectivity index (χ1) is 6.63. The lowest BCUT2D eigenvalue weighted by Gasteiger charge is -2.14. The van der Waals surface area contributed by atoms with E-state index in [-0.39, 0.29) is 0 Å². The molecular weight excluding hydrogens is 186 g/mol. The predicted molar refractivity (Wildman–Crippen MR) is 51.0 cm³/mol. The molecule has 0 radical (unpaired) electrons. The molecule has 0 bridgehead atoms. The minimum atomic E-state index is -0.673. The molecule has 0 aromatic heterocycles. The van der Waals surface area contributed by atoms with Crippen molar-refractivity contribution in [3.05, 3.63) is 0 Å². The molecule has 0 heterocycles. The first kappa shape index (κ1) is 12.7. The summed E-state index contributed by atoms with van der Waals surface area (Å²) < 4.78 is 9.48. The summed E-state index contributed by atoms with van der Waals surface area (Å²) in [6.45, 7) is 4.37. The zero-order valence-corrected chi connectivity index (χ0v) is 8.91. The van der Waals surface area contributed by atoms with Crippen molar-refractivity contribution in [3.63, 3.8) is 0 Å². The van der Waals surface area contributed by atoms with Gasteiger partial charge in [-0.15, -0.1) is 0 Å². The van der Waals surface area contributed by atoms with Crippen LogP contribution in [0.1, 0.15) is 26.7 Å². The number of imide groups is 1. The van der Waals surface area contributed by atoms with Crippen molar-refractivity contribution in [2.75, 3.05) is 20.3 Å². The fraction of sp³-hybridized carbons (Fsp3) is 0.778. The van der Waals surface area contributed by atoms with Crippen LogP contribution < -0.4 is 0 Å². The van der Waals surface area contributed by atoms with Crippen molar-refractivity contribution >= 4 is 12.2 Å². The van der Waals surface area contributed by atoms with E-state index < -0.39 is 12.2 Å². The third-order valence-electron chi connectivity index (χ3n) is 1.41. The van der Waals surface area contributed by atoms with E-state index in [0.29, 0.717) is 13.2 Å². The molecule has 0 aromatic rings. The Morgan fingerprint density at radius 3 is 1.64 bits per heavy atom. The highest BCUT2D eigenvalue weighted by atomic mass is 16.6. The number of amides is 2. The fourth-order valence-electron chi connectivity index (χ4n) is 0.647. The van der Waals surface area contributed by atoms with Crippen molar-refractivity contribution in [3.8, 4) is 0 Å². The molecule has 0 aromatic carbocycles. The Morgan fingerprint density at radius 1 is 1.00 bits per heavy atom. The standard InChI is InChI=1S/C9H17NO4/c1-4-6-13-8(11)10(3)9(12)14-7-5-2/h4-7H2,1-3H3. The van der Waals surface area contributed by atoms with E-state index in [4.69, 9.17) is 9.47 Å². The zero-order valence-electron chi connectivity index (χ0n) is 8.91. The van der Waals surface area contributed by atoms with E-state index in [9.17, 15) is 9.59 Å². The van der Waals surface area contributed by atoms with E-state index in [1.165, 1.54) is 7.05 Å². The SMILES string of the molecule is CCCOC(=O)N(C)C(=O)OCCC. The predicted octanol–water partition coefficient (Wildman–Crippen LogP) is 2.01. The Kier molecular flexibility index (Phi) is 6.53. The van der Waals surface area contributed by atoms with Gasteiger partial charge in [0.2, 0.25) is 0 Å². The monoisotopic (exact) mass is 203 g/mol. The normalized spacial score (nSPS) is 9.36. The molecule has 0 atom stereocenters. The number of nitrogens with zero attached hydrogens (tertiary/aromatic N) is 1. The molecule has 0 unspecified atom stereocenters. The lowest BCUT2D eigenvalue weighted by molar-refractivity contribution is 0.0845. The van der Waals surface area contributed by atoms with Crippen LogP contribution in [0.2, 0.25) is 0 Å². The summed E-state index contributed by atoms with van der Waals surface area (Å²) in [6, 6.07) is 0. The van der Waals surface area contributed by atoms with E-state index in [2.05, 4.69) is 0 Å². The Hall–Kier alpha value is -1.26. The Labute approximate surface area is 84.0 Å². The molecule has 0 saturated heterocycles. The molecule has 0 fully saturated rings. The number of carbonyl (C=O) groups excluding carboxylic acids is 2. The fourth-order valence-corrected chi connectivity index (χ4v) is 0.647. The van der Waals surface area contributed by atoms with Gasteiger partial charge in [-0.1, -0.05) is 13.8 Å². The minimum Gasteiger partial charge on any atom is -0.449 e. The topological polar surface area (TPSA) is 55.8 Å². The van der Waals surface area contributed by atoms with Crippen molar-refractivity contribution in [2.45, 2.75) is 26.7 Å². The lowest BCUT2D eigenvalue weighted by Crippen LogP contribution is -2.34. The van der Waals surface area contributed by atoms with E-state index in [1.54, 1.807) is 0 Å². The van der Waals surface area contributed by atoms with Gasteiger partial charge in [0, 0.05) is 7.05 Å². The van der Waals surface area contributed by atoms with E-state index >= 15 is 0 Å². The highest BCUT2D eigenvalue weighted by molar-refractivity contribution is 5.87. The van der Waals surface area contributed by atoms with Gasteiger partial charge in [0.1, 0.15) is 0 Å². The minimum absolute atomic E-state index is 0.310. The van der Waals surface area contributed by atoms with Gasteiger partial charge in [0.25, 0.3) is 0 Å². The van der Waals surface area contributed by atoms with Gasteiger partial charge >= 0.3 is 12.2 Å². The van der Waals surface area contributed by atoms with Crippen molar-refractivity contribution in [1.29, 1.82) is 0 Å². The van der Waals surface area contributed by atoms with Crippen LogP contribution in [-0.2, 0) is 9.47 Å². The maximum absolute atomic E-state index is 11.1. The van der Waals surface area contributed by atoms with Crippen molar-refractivity contribution in [1.82, 2.24) is 4.90 Å². The van der Waals surface area contributed by atoms with Gasteiger partial charge in [0.05, 0.1) is 13.2 Å². The number of hydrogen-bond acceptors (Lipinski definition) is 4. The molecule has 0 rings (SSSR count). The van der Waals surface area contributed by atoms with Crippen molar-refractivity contribution in [2.24, 2.45) is 0 Å². The van der Waals surface area contributed by atoms with Crippen LogP contribution in [0.15, 0.2) is 0 Å². The number of ether oxygens (including phenoxy) is 2. The molecule has 0 saturated carbocycles. The van der Waals surface area contributed by atoms with Gasteiger partial charge < -0.3 is 9.47 Å². The average Bonchev–Trinajstić information content (AvgIpc) is 2.21. The van der Waals surface area contributed by atoms with Gasteiger partial charge in [-0.2, -0.15) is 0 Å². The number of rotatable bonds is 4. The van der Waals surface area contributed by atoms with Crippen LogP contribution in [0.25, 0.3) is 0 Å². The van der Waals surface area contributed by atoms with Crippen LogP contribution in [0.4, 0.5) is 9.59 Å². The third kappa shape index (κ3) is 4.69. The summed E-state index contributed by atoms with van der Waals surface area (Å²) in [5.74, 6) is 0. The molecule has 5 nitrogen and oxygen atoms in total. The molecule has 0 aliphatic heterocycles. The summed E-state index contributed by atoms with van der Waals surface area (Å²) in [7, 11) is 1.33. The molecule has 0 N–H and O–H groups in total. The number of hydrogen-bond donors (Lipinski definition) is 0. The maximum Gasteiger partial charge on any atom is 0.419 e. The molecule has 0 aliphatic rings.